The summed E-state index contributed by atoms with van der Waals surface area (Å²) in [5, 5.41) is 13.0. The van der Waals surface area contributed by atoms with Crippen LogP contribution in [0.4, 0.5) is 4.39 Å². The van der Waals surface area contributed by atoms with Crippen LogP contribution >= 0.6 is 11.3 Å². The molecule has 2 heterocycles. The van der Waals surface area contributed by atoms with E-state index in [0.29, 0.717) is 6.54 Å². The number of halogens is 1. The van der Waals surface area contributed by atoms with E-state index in [9.17, 15) is 4.39 Å². The topological polar surface area (TPSA) is 53.6 Å². The molecule has 0 atom stereocenters. The van der Waals surface area contributed by atoms with Crippen LogP contribution in [0.5, 0.6) is 0 Å². The Labute approximate surface area is 119 Å². The number of nitrogens with zero attached hydrogens (tertiary/aromatic N) is 2. The monoisotopic (exact) mass is 288 g/mol. The first kappa shape index (κ1) is 13.0. The Hall–Kier alpha value is -2.05. The first-order valence-corrected chi connectivity index (χ1v) is 7.08. The van der Waals surface area contributed by atoms with Crippen LogP contribution in [-0.4, -0.2) is 15.2 Å². The summed E-state index contributed by atoms with van der Waals surface area (Å²) in [5.74, 6) is -0.230. The average Bonchev–Trinajstić information content (AvgIpc) is 3.11. The molecule has 4 nitrogen and oxygen atoms in total. The molecule has 0 saturated carbocycles. The standard InChI is InChI=1S/C14H13FN4S/c15-11-3-1-10(2-4-11)14-18-13(9-20-14)8-16-7-12-5-6-17-19-12/h1-6,9,16H,7-8H2,(H,17,19). The van der Waals surface area contributed by atoms with Crippen molar-refractivity contribution in [2.75, 3.05) is 0 Å². The molecule has 6 heteroatoms. The lowest BCUT2D eigenvalue weighted by molar-refractivity contribution is 0.628. The second-order valence-electron chi connectivity index (χ2n) is 4.34. The van der Waals surface area contributed by atoms with Crippen LogP contribution in [0.2, 0.25) is 0 Å². The zero-order valence-electron chi connectivity index (χ0n) is 10.6. The molecule has 102 valence electrons. The van der Waals surface area contributed by atoms with E-state index in [1.54, 1.807) is 29.7 Å². The van der Waals surface area contributed by atoms with Crippen molar-refractivity contribution in [3.63, 3.8) is 0 Å². The lowest BCUT2D eigenvalue weighted by Gasteiger charge is -1.99. The van der Waals surface area contributed by atoms with E-state index in [2.05, 4.69) is 20.5 Å². The third-order valence-electron chi connectivity index (χ3n) is 2.82. The molecule has 1 aromatic carbocycles. The number of benzene rings is 1. The molecule has 2 N–H and O–H groups in total. The second kappa shape index (κ2) is 5.94. The summed E-state index contributed by atoms with van der Waals surface area (Å²) in [6.45, 7) is 1.42. The summed E-state index contributed by atoms with van der Waals surface area (Å²) in [6.07, 6.45) is 1.73. The van der Waals surface area contributed by atoms with Crippen LogP contribution in [0, 0.1) is 5.82 Å². The molecule has 0 bridgehead atoms. The Kier molecular flexibility index (Phi) is 3.85. The fourth-order valence-corrected chi connectivity index (χ4v) is 2.65. The zero-order chi connectivity index (χ0) is 13.8. The van der Waals surface area contributed by atoms with Crippen molar-refractivity contribution in [3.8, 4) is 10.6 Å². The number of hydrogen-bond acceptors (Lipinski definition) is 4. The smallest absolute Gasteiger partial charge is 0.123 e. The number of aromatic amines is 1. The van der Waals surface area contributed by atoms with Gasteiger partial charge in [-0.15, -0.1) is 11.3 Å². The second-order valence-corrected chi connectivity index (χ2v) is 5.19. The maximum Gasteiger partial charge on any atom is 0.123 e. The minimum Gasteiger partial charge on any atom is -0.305 e. The summed E-state index contributed by atoms with van der Waals surface area (Å²) in [4.78, 5) is 4.54. The minimum absolute atomic E-state index is 0.230. The molecule has 0 radical (unpaired) electrons. The molecular formula is C14H13FN4S. The Balaban J connectivity index is 1.60. The fourth-order valence-electron chi connectivity index (χ4n) is 1.82. The average molecular weight is 288 g/mol. The number of hydrogen-bond donors (Lipinski definition) is 2. The van der Waals surface area contributed by atoms with Crippen molar-refractivity contribution < 1.29 is 4.39 Å². The third kappa shape index (κ3) is 3.09. The van der Waals surface area contributed by atoms with Crippen LogP contribution in [-0.2, 0) is 13.1 Å². The van der Waals surface area contributed by atoms with Gasteiger partial charge in [0.1, 0.15) is 10.8 Å². The maximum absolute atomic E-state index is 12.9. The van der Waals surface area contributed by atoms with Crippen LogP contribution in [0.3, 0.4) is 0 Å². The van der Waals surface area contributed by atoms with Gasteiger partial charge in [-0.2, -0.15) is 5.10 Å². The first-order valence-electron chi connectivity index (χ1n) is 6.20. The van der Waals surface area contributed by atoms with Crippen molar-refractivity contribution >= 4 is 11.3 Å². The zero-order valence-corrected chi connectivity index (χ0v) is 11.5. The number of nitrogens with one attached hydrogen (secondary N) is 2. The molecule has 0 fully saturated rings. The molecule has 0 spiro atoms. The normalized spacial score (nSPS) is 10.8. The number of rotatable bonds is 5. The summed E-state index contributed by atoms with van der Waals surface area (Å²) >= 11 is 1.56. The number of H-pyrrole nitrogens is 1. The van der Waals surface area contributed by atoms with Gasteiger partial charge >= 0.3 is 0 Å². The van der Waals surface area contributed by atoms with Gasteiger partial charge in [0.2, 0.25) is 0 Å². The predicted octanol–water partition coefficient (Wildman–Crippen LogP) is 2.96. The Morgan fingerprint density at radius 3 is 2.75 bits per heavy atom. The molecule has 3 rings (SSSR count). The van der Waals surface area contributed by atoms with Crippen molar-refractivity contribution in [2.45, 2.75) is 13.1 Å². The molecule has 2 aromatic heterocycles. The molecule has 0 aliphatic heterocycles. The van der Waals surface area contributed by atoms with E-state index in [1.165, 1.54) is 12.1 Å². The summed E-state index contributed by atoms with van der Waals surface area (Å²) in [5.41, 5.74) is 2.96. The summed E-state index contributed by atoms with van der Waals surface area (Å²) < 4.78 is 12.9. The van der Waals surface area contributed by atoms with Gasteiger partial charge in [0.15, 0.2) is 0 Å². The molecule has 0 unspecified atom stereocenters. The van der Waals surface area contributed by atoms with E-state index < -0.39 is 0 Å². The van der Waals surface area contributed by atoms with Crippen LogP contribution < -0.4 is 5.32 Å². The van der Waals surface area contributed by atoms with E-state index in [0.717, 1.165) is 28.5 Å². The highest BCUT2D eigenvalue weighted by atomic mass is 32.1. The maximum atomic E-state index is 12.9. The van der Waals surface area contributed by atoms with Crippen molar-refractivity contribution in [2.24, 2.45) is 0 Å². The summed E-state index contributed by atoms with van der Waals surface area (Å²) in [7, 11) is 0. The Bertz CT molecular complexity index is 661. The number of aromatic nitrogens is 3. The largest absolute Gasteiger partial charge is 0.305 e. The Morgan fingerprint density at radius 2 is 2.00 bits per heavy atom. The molecule has 20 heavy (non-hydrogen) atoms. The number of thiazole rings is 1. The van der Waals surface area contributed by atoms with Gasteiger partial charge in [0.05, 0.1) is 5.69 Å². The van der Waals surface area contributed by atoms with E-state index in [4.69, 9.17) is 0 Å². The van der Waals surface area contributed by atoms with Gasteiger partial charge in [-0.1, -0.05) is 0 Å². The van der Waals surface area contributed by atoms with Gasteiger partial charge in [0.25, 0.3) is 0 Å². The van der Waals surface area contributed by atoms with E-state index in [1.807, 2.05) is 11.4 Å². The fraction of sp³-hybridized carbons (Fsp3) is 0.143. The molecule has 3 aromatic rings. The molecular weight excluding hydrogens is 275 g/mol. The quantitative estimate of drug-likeness (QED) is 0.759. The molecule has 0 saturated heterocycles. The van der Waals surface area contributed by atoms with Gasteiger partial charge < -0.3 is 5.32 Å². The molecule has 0 aliphatic rings. The van der Waals surface area contributed by atoms with Crippen LogP contribution in [0.25, 0.3) is 10.6 Å². The highest BCUT2D eigenvalue weighted by Gasteiger charge is 2.05. The highest BCUT2D eigenvalue weighted by Crippen LogP contribution is 2.23. The van der Waals surface area contributed by atoms with Crippen LogP contribution in [0.1, 0.15) is 11.4 Å². The van der Waals surface area contributed by atoms with Crippen LogP contribution in [0.15, 0.2) is 41.9 Å². The summed E-state index contributed by atoms with van der Waals surface area (Å²) in [6, 6.07) is 8.32. The minimum atomic E-state index is -0.230. The third-order valence-corrected chi connectivity index (χ3v) is 3.76. The predicted molar refractivity (Wildman–Crippen MR) is 76.6 cm³/mol. The van der Waals surface area contributed by atoms with E-state index >= 15 is 0 Å². The van der Waals surface area contributed by atoms with Crippen molar-refractivity contribution in [3.05, 3.63) is 59.1 Å². The van der Waals surface area contributed by atoms with Gasteiger partial charge in [0, 0.05) is 35.9 Å². The van der Waals surface area contributed by atoms with Crippen molar-refractivity contribution in [1.82, 2.24) is 20.5 Å². The molecule has 0 amide bonds. The first-order chi connectivity index (χ1) is 9.81. The Morgan fingerprint density at radius 1 is 1.15 bits per heavy atom. The van der Waals surface area contributed by atoms with E-state index in [-0.39, 0.29) is 5.82 Å². The lowest BCUT2D eigenvalue weighted by atomic mass is 10.2. The van der Waals surface area contributed by atoms with Gasteiger partial charge in [-0.05, 0) is 30.3 Å². The van der Waals surface area contributed by atoms with Crippen molar-refractivity contribution in [1.29, 1.82) is 0 Å². The highest BCUT2D eigenvalue weighted by molar-refractivity contribution is 7.13. The van der Waals surface area contributed by atoms with Gasteiger partial charge in [-0.25, -0.2) is 9.37 Å². The SMILES string of the molecule is Fc1ccc(-c2nc(CNCc3ccn[nH]3)cs2)cc1. The lowest BCUT2D eigenvalue weighted by Crippen LogP contribution is -2.13. The molecule has 0 aliphatic carbocycles. The van der Waals surface area contributed by atoms with Gasteiger partial charge in [-0.3, -0.25) is 5.10 Å².